The first-order chi connectivity index (χ1) is 15.9. The molecule has 1 fully saturated rings. The van der Waals surface area contributed by atoms with Gasteiger partial charge in [0.25, 0.3) is 0 Å². The van der Waals surface area contributed by atoms with Crippen molar-refractivity contribution in [1.82, 2.24) is 15.5 Å². The molecule has 0 saturated heterocycles. The number of hydrogen-bond donors (Lipinski definition) is 2. The smallest absolute Gasteiger partial charge is 0.407 e. The summed E-state index contributed by atoms with van der Waals surface area (Å²) in [4.78, 5) is 15.1. The Morgan fingerprint density at radius 3 is 2.61 bits per heavy atom. The molecule has 33 heavy (non-hydrogen) atoms. The van der Waals surface area contributed by atoms with E-state index in [0.29, 0.717) is 40.9 Å². The molecule has 0 radical (unpaired) electrons. The van der Waals surface area contributed by atoms with Crippen molar-refractivity contribution in [1.29, 1.82) is 0 Å². The van der Waals surface area contributed by atoms with Crippen molar-refractivity contribution in [3.05, 3.63) is 76.9 Å². The lowest BCUT2D eigenvalue weighted by atomic mass is 9.75. The highest BCUT2D eigenvalue weighted by Gasteiger charge is 2.37. The van der Waals surface area contributed by atoms with Crippen molar-refractivity contribution in [3.8, 4) is 11.3 Å². The van der Waals surface area contributed by atoms with Gasteiger partial charge in [-0.05, 0) is 67.1 Å². The number of aromatic amines is 1. The molecule has 5 rings (SSSR count). The summed E-state index contributed by atoms with van der Waals surface area (Å²) in [6, 6.07) is 9.63. The summed E-state index contributed by atoms with van der Waals surface area (Å²) in [5.41, 5.74) is 2.89. The Kier molecular flexibility index (Phi) is 5.32. The number of fused-ring (bicyclic) bond motifs is 1. The van der Waals surface area contributed by atoms with Crippen LogP contribution in [0, 0.1) is 24.4 Å². The molecule has 1 saturated carbocycles. The van der Waals surface area contributed by atoms with Crippen LogP contribution < -0.4 is 5.32 Å². The lowest BCUT2D eigenvalue weighted by Gasteiger charge is -2.35. The summed E-state index contributed by atoms with van der Waals surface area (Å²) < 4.78 is 52.4. The van der Waals surface area contributed by atoms with Gasteiger partial charge in [-0.3, -0.25) is 0 Å². The van der Waals surface area contributed by atoms with E-state index in [-0.39, 0.29) is 24.1 Å². The van der Waals surface area contributed by atoms with E-state index in [4.69, 9.17) is 9.26 Å². The average Bonchev–Trinajstić information content (AvgIpc) is 3.33. The third kappa shape index (κ3) is 4.18. The average molecular weight is 455 g/mol. The van der Waals surface area contributed by atoms with E-state index < -0.39 is 23.5 Å². The molecule has 0 aliphatic heterocycles. The molecule has 0 unspecified atom stereocenters. The zero-order chi connectivity index (χ0) is 23.1. The van der Waals surface area contributed by atoms with Crippen LogP contribution in [0.5, 0.6) is 0 Å². The largest absolute Gasteiger partial charge is 0.446 e. The number of ether oxygens (including phenoxy) is 1. The van der Waals surface area contributed by atoms with Crippen molar-refractivity contribution in [2.75, 3.05) is 0 Å². The molecule has 2 aromatic heterocycles. The third-order valence-corrected chi connectivity index (χ3v) is 5.86. The van der Waals surface area contributed by atoms with Gasteiger partial charge in [-0.1, -0.05) is 5.16 Å². The number of H-pyrrole nitrogens is 1. The molecular weight excluding hydrogens is 435 g/mol. The van der Waals surface area contributed by atoms with Crippen molar-refractivity contribution >= 4 is 17.0 Å². The number of benzene rings is 2. The van der Waals surface area contributed by atoms with Crippen LogP contribution in [-0.4, -0.2) is 22.3 Å². The first kappa shape index (κ1) is 21.1. The fraction of sp³-hybridized carbons (Fsp3) is 0.250. The van der Waals surface area contributed by atoms with E-state index in [1.54, 1.807) is 25.1 Å². The van der Waals surface area contributed by atoms with E-state index in [0.717, 1.165) is 11.6 Å². The number of carbonyl (C=O) groups is 1. The van der Waals surface area contributed by atoms with E-state index in [1.165, 1.54) is 18.2 Å². The van der Waals surface area contributed by atoms with Gasteiger partial charge in [-0.2, -0.15) is 0 Å². The predicted molar refractivity (Wildman–Crippen MR) is 114 cm³/mol. The van der Waals surface area contributed by atoms with Crippen LogP contribution in [0.3, 0.4) is 0 Å². The maximum atomic E-state index is 14.5. The molecule has 6 nitrogen and oxygen atoms in total. The first-order valence-electron chi connectivity index (χ1n) is 10.5. The number of alkyl carbamates (subject to hydrolysis) is 1. The molecule has 2 N–H and O–H groups in total. The van der Waals surface area contributed by atoms with Crippen molar-refractivity contribution in [3.63, 3.8) is 0 Å². The Morgan fingerprint density at radius 2 is 1.91 bits per heavy atom. The molecule has 4 aromatic rings. The fourth-order valence-electron chi connectivity index (χ4n) is 4.26. The number of halogens is 3. The summed E-state index contributed by atoms with van der Waals surface area (Å²) in [7, 11) is 0. The Labute approximate surface area is 186 Å². The van der Waals surface area contributed by atoms with Crippen LogP contribution in [0.1, 0.15) is 35.8 Å². The first-order valence-corrected chi connectivity index (χ1v) is 10.5. The molecular formula is C24H20F3N3O3. The quantitative estimate of drug-likeness (QED) is 0.403. The number of amides is 1. The summed E-state index contributed by atoms with van der Waals surface area (Å²) in [5, 5.41) is 6.80. The van der Waals surface area contributed by atoms with E-state index >= 15 is 0 Å². The number of nitrogens with zero attached hydrogens (tertiary/aromatic N) is 1. The van der Waals surface area contributed by atoms with Gasteiger partial charge < -0.3 is 19.6 Å². The second-order valence-corrected chi connectivity index (χ2v) is 8.21. The van der Waals surface area contributed by atoms with Crippen LogP contribution >= 0.6 is 0 Å². The number of hydrogen-bond acceptors (Lipinski definition) is 4. The molecule has 2 aromatic carbocycles. The normalized spacial score (nSPS) is 17.7. The molecule has 0 spiro atoms. The van der Waals surface area contributed by atoms with Crippen LogP contribution in [0.2, 0.25) is 0 Å². The maximum absolute atomic E-state index is 14.5. The number of rotatable bonds is 5. The summed E-state index contributed by atoms with van der Waals surface area (Å²) in [6.45, 7) is 1.94. The number of aryl methyl sites for hydroxylation is 1. The van der Waals surface area contributed by atoms with Crippen LogP contribution in [0.25, 0.3) is 22.2 Å². The van der Waals surface area contributed by atoms with Crippen LogP contribution in [0.4, 0.5) is 18.0 Å². The van der Waals surface area contributed by atoms with Gasteiger partial charge >= 0.3 is 6.09 Å². The third-order valence-electron chi connectivity index (χ3n) is 5.86. The molecule has 1 amide bonds. The van der Waals surface area contributed by atoms with E-state index in [1.807, 2.05) is 0 Å². The number of carbonyl (C=O) groups excluding carboxylic acids is 1. The monoisotopic (exact) mass is 455 g/mol. The van der Waals surface area contributed by atoms with Gasteiger partial charge in [0, 0.05) is 17.5 Å². The fourth-order valence-corrected chi connectivity index (χ4v) is 4.26. The maximum Gasteiger partial charge on any atom is 0.407 e. The van der Waals surface area contributed by atoms with E-state index in [2.05, 4.69) is 15.5 Å². The zero-order valence-electron chi connectivity index (χ0n) is 17.6. The molecule has 0 atom stereocenters. The summed E-state index contributed by atoms with van der Waals surface area (Å²) >= 11 is 0. The molecule has 1 aliphatic carbocycles. The second kappa shape index (κ2) is 8.31. The Balaban J connectivity index is 1.34. The Bertz CT molecular complexity index is 1320. The topological polar surface area (TPSA) is 80.1 Å². The van der Waals surface area contributed by atoms with Crippen molar-refractivity contribution < 1.29 is 27.2 Å². The SMILES string of the molecule is Cc1cc(CNC(=O)O[C@H]2C[C@H](c3c(-c4ccc(F)cc4)[nH]c4c(F)cc(F)cc43)C2)on1. The highest BCUT2D eigenvalue weighted by atomic mass is 19.1. The Morgan fingerprint density at radius 1 is 1.15 bits per heavy atom. The second-order valence-electron chi connectivity index (χ2n) is 8.21. The number of aromatic nitrogens is 2. The highest BCUT2D eigenvalue weighted by Crippen LogP contribution is 2.46. The summed E-state index contributed by atoms with van der Waals surface area (Å²) in [6.07, 6.45) is 0.0700. The van der Waals surface area contributed by atoms with Gasteiger partial charge in [0.1, 0.15) is 23.6 Å². The van der Waals surface area contributed by atoms with Gasteiger partial charge in [0.15, 0.2) is 5.76 Å². The number of nitrogens with one attached hydrogen (secondary N) is 2. The molecule has 0 bridgehead atoms. The summed E-state index contributed by atoms with van der Waals surface area (Å²) in [5.74, 6) is -1.34. The lowest BCUT2D eigenvalue weighted by molar-refractivity contribution is 0.0393. The van der Waals surface area contributed by atoms with Gasteiger partial charge in [-0.15, -0.1) is 0 Å². The predicted octanol–water partition coefficient (Wildman–Crippen LogP) is 5.72. The van der Waals surface area contributed by atoms with Gasteiger partial charge in [-0.25, -0.2) is 18.0 Å². The Hall–Kier alpha value is -3.75. The standard InChI is InChI=1S/C24H20F3N3O3/c1-12-6-18(33-30-12)11-28-24(31)32-17-7-14(8-17)21-19-9-16(26)10-20(27)23(19)29-22(21)13-2-4-15(25)5-3-13/h2-6,9-10,14,17,29H,7-8,11H2,1H3,(H,28,31)/t14-,17-. The highest BCUT2D eigenvalue weighted by molar-refractivity contribution is 5.92. The van der Waals surface area contributed by atoms with Crippen LogP contribution in [-0.2, 0) is 11.3 Å². The van der Waals surface area contributed by atoms with Gasteiger partial charge in [0.2, 0.25) is 0 Å². The van der Waals surface area contributed by atoms with E-state index in [9.17, 15) is 18.0 Å². The minimum Gasteiger partial charge on any atom is -0.446 e. The lowest BCUT2D eigenvalue weighted by Crippen LogP contribution is -2.36. The molecule has 1 aliphatic rings. The molecule has 9 heteroatoms. The minimum atomic E-state index is -0.700. The molecule has 2 heterocycles. The van der Waals surface area contributed by atoms with Crippen molar-refractivity contribution in [2.45, 2.75) is 38.3 Å². The molecule has 170 valence electrons. The van der Waals surface area contributed by atoms with Crippen LogP contribution in [0.15, 0.2) is 47.0 Å². The van der Waals surface area contributed by atoms with Gasteiger partial charge in [0.05, 0.1) is 23.4 Å². The zero-order valence-corrected chi connectivity index (χ0v) is 17.6. The van der Waals surface area contributed by atoms with Crippen molar-refractivity contribution in [2.24, 2.45) is 0 Å². The minimum absolute atomic E-state index is 0.0882.